The van der Waals surface area contributed by atoms with Gasteiger partial charge in [-0.25, -0.2) is 0 Å². The molecule has 1 N–H and O–H groups in total. The van der Waals surface area contributed by atoms with Gasteiger partial charge in [0, 0.05) is 49.8 Å². The van der Waals surface area contributed by atoms with Crippen molar-refractivity contribution >= 4 is 29.5 Å². The molecule has 0 unspecified atom stereocenters. The maximum atomic E-state index is 6.01. The number of aryl methyl sites for hydroxylation is 1. The molecular weight excluding hydrogens is 398 g/mol. The average molecular weight is 428 g/mol. The highest BCUT2D eigenvalue weighted by Crippen LogP contribution is 2.28. The van der Waals surface area contributed by atoms with Crippen molar-refractivity contribution in [2.75, 3.05) is 68.0 Å². The van der Waals surface area contributed by atoms with Crippen LogP contribution in [0.4, 0.5) is 11.5 Å². The van der Waals surface area contributed by atoms with Crippen LogP contribution in [-0.2, 0) is 4.74 Å². The zero-order valence-corrected chi connectivity index (χ0v) is 18.2. The van der Waals surface area contributed by atoms with E-state index in [1.54, 1.807) is 0 Å². The Kier molecular flexibility index (Phi) is 7.44. The van der Waals surface area contributed by atoms with Crippen LogP contribution in [0.1, 0.15) is 11.1 Å². The molecule has 2 aromatic rings. The van der Waals surface area contributed by atoms with Gasteiger partial charge in [-0.15, -0.1) is 11.8 Å². The van der Waals surface area contributed by atoms with Crippen LogP contribution in [0.2, 0.25) is 0 Å². The van der Waals surface area contributed by atoms with Gasteiger partial charge in [0.05, 0.1) is 25.3 Å². The molecule has 0 aliphatic carbocycles. The Morgan fingerprint density at radius 1 is 1.23 bits per heavy atom. The van der Waals surface area contributed by atoms with Crippen LogP contribution in [0.5, 0.6) is 5.88 Å². The van der Waals surface area contributed by atoms with E-state index in [-0.39, 0.29) is 0 Å². The summed E-state index contributed by atoms with van der Waals surface area (Å²) >= 11 is 1.94. The fraction of sp³-hybridized carbons (Fsp3) is 0.455. The summed E-state index contributed by atoms with van der Waals surface area (Å²) in [7, 11) is 0. The predicted octanol–water partition coefficient (Wildman–Crippen LogP) is 3.06. The second-order valence-electron chi connectivity index (χ2n) is 7.44. The maximum Gasteiger partial charge on any atom is 0.217 e. The topological polar surface area (TPSA) is 62.2 Å². The van der Waals surface area contributed by atoms with Gasteiger partial charge in [-0.2, -0.15) is 10.1 Å². The van der Waals surface area contributed by atoms with Crippen LogP contribution in [0, 0.1) is 6.92 Å². The molecule has 3 heterocycles. The van der Waals surface area contributed by atoms with Gasteiger partial charge >= 0.3 is 0 Å². The Morgan fingerprint density at radius 3 is 2.93 bits per heavy atom. The Balaban J connectivity index is 1.41. The van der Waals surface area contributed by atoms with E-state index in [4.69, 9.17) is 9.47 Å². The Hall–Kier alpha value is -2.29. The van der Waals surface area contributed by atoms with Gasteiger partial charge in [-0.3, -0.25) is 10.3 Å². The minimum Gasteiger partial charge on any atom is -0.476 e. The first-order chi connectivity index (χ1) is 14.8. The Morgan fingerprint density at radius 2 is 2.13 bits per heavy atom. The lowest BCUT2D eigenvalue weighted by molar-refractivity contribution is 0.0320. The van der Waals surface area contributed by atoms with E-state index in [0.717, 1.165) is 62.3 Å². The van der Waals surface area contributed by atoms with Crippen LogP contribution < -0.4 is 15.1 Å². The molecule has 0 radical (unpaired) electrons. The van der Waals surface area contributed by atoms with E-state index < -0.39 is 0 Å². The van der Waals surface area contributed by atoms with Crippen LogP contribution >= 0.6 is 11.8 Å². The van der Waals surface area contributed by atoms with Gasteiger partial charge in [0.2, 0.25) is 5.88 Å². The number of anilines is 2. The minimum atomic E-state index is 0.608. The molecule has 0 atom stereocenters. The monoisotopic (exact) mass is 427 g/mol. The van der Waals surface area contributed by atoms with Crippen molar-refractivity contribution in [1.82, 2.24) is 9.88 Å². The van der Waals surface area contributed by atoms with Crippen molar-refractivity contribution in [3.63, 3.8) is 0 Å². The largest absolute Gasteiger partial charge is 0.476 e. The normalized spacial score (nSPS) is 17.6. The van der Waals surface area contributed by atoms with Crippen molar-refractivity contribution in [1.29, 1.82) is 0 Å². The summed E-state index contributed by atoms with van der Waals surface area (Å²) in [6, 6.07) is 12.3. The predicted molar refractivity (Wildman–Crippen MR) is 124 cm³/mol. The number of pyridine rings is 1. The molecule has 8 heteroatoms. The lowest BCUT2D eigenvalue weighted by Crippen LogP contribution is -2.38. The molecule has 4 rings (SSSR count). The van der Waals surface area contributed by atoms with Gasteiger partial charge in [-0.05, 0) is 12.5 Å². The number of hydrogen-bond donors (Lipinski definition) is 1. The van der Waals surface area contributed by atoms with Crippen LogP contribution in [0.25, 0.3) is 0 Å². The quantitative estimate of drug-likeness (QED) is 0.513. The fourth-order valence-corrected chi connectivity index (χ4v) is 4.43. The number of morpholine rings is 1. The molecule has 0 spiro atoms. The number of aromatic nitrogens is 1. The number of nitrogens with one attached hydrogen (secondary N) is 1. The molecule has 1 aromatic carbocycles. The first-order valence-corrected chi connectivity index (χ1v) is 11.6. The molecule has 0 amide bonds. The lowest BCUT2D eigenvalue weighted by Gasteiger charge is -2.26. The van der Waals surface area contributed by atoms with Gasteiger partial charge in [0.25, 0.3) is 0 Å². The zero-order chi connectivity index (χ0) is 20.6. The summed E-state index contributed by atoms with van der Waals surface area (Å²) in [5, 5.41) is 4.38. The molecule has 0 bridgehead atoms. The lowest BCUT2D eigenvalue weighted by atomic mass is 10.2. The number of hydrogen-bond acceptors (Lipinski definition) is 8. The zero-order valence-electron chi connectivity index (χ0n) is 17.4. The number of nitrogens with zero attached hydrogens (tertiary/aromatic N) is 4. The maximum absolute atomic E-state index is 6.01. The standard InChI is InChI=1S/C22H29N5O2S/c1-18-3-2-4-19(13-18)16-23-25-21-14-20(27-8-12-30-17-27)15-22(24-21)29-11-7-26-5-9-28-10-6-26/h2-4,13-16H,5-12,17H2,1H3,(H,24,25). The molecule has 2 aliphatic heterocycles. The van der Waals surface area contributed by atoms with Crippen molar-refractivity contribution in [3.8, 4) is 5.88 Å². The average Bonchev–Trinajstić information content (AvgIpc) is 3.30. The van der Waals surface area contributed by atoms with E-state index in [2.05, 4.69) is 44.4 Å². The summed E-state index contributed by atoms with van der Waals surface area (Å²) < 4.78 is 11.4. The number of rotatable bonds is 8. The van der Waals surface area contributed by atoms with Crippen molar-refractivity contribution in [2.45, 2.75) is 6.92 Å². The first kappa shape index (κ1) is 21.0. The second kappa shape index (κ2) is 10.7. The first-order valence-electron chi connectivity index (χ1n) is 10.4. The summed E-state index contributed by atoms with van der Waals surface area (Å²) in [6.45, 7) is 8.12. The highest BCUT2D eigenvalue weighted by atomic mass is 32.2. The van der Waals surface area contributed by atoms with E-state index >= 15 is 0 Å². The van der Waals surface area contributed by atoms with E-state index in [9.17, 15) is 0 Å². The SMILES string of the molecule is Cc1cccc(C=NNc2cc(N3CCSC3)cc(OCCN3CCOCC3)n2)c1. The minimum absolute atomic E-state index is 0.608. The Bertz CT molecular complexity index is 851. The molecule has 2 aliphatic rings. The molecule has 30 heavy (non-hydrogen) atoms. The number of hydrazone groups is 1. The smallest absolute Gasteiger partial charge is 0.217 e. The third-order valence-corrected chi connectivity index (χ3v) is 6.07. The summed E-state index contributed by atoms with van der Waals surface area (Å²) in [5.74, 6) is 3.45. The van der Waals surface area contributed by atoms with Gasteiger partial charge in [-0.1, -0.05) is 29.8 Å². The summed E-state index contributed by atoms with van der Waals surface area (Å²) in [5.41, 5.74) is 6.45. The van der Waals surface area contributed by atoms with Crippen LogP contribution in [0.3, 0.4) is 0 Å². The molecule has 7 nitrogen and oxygen atoms in total. The van der Waals surface area contributed by atoms with Crippen LogP contribution in [-0.4, -0.2) is 73.7 Å². The van der Waals surface area contributed by atoms with Crippen molar-refractivity contribution < 1.29 is 9.47 Å². The molecule has 1 aromatic heterocycles. The second-order valence-corrected chi connectivity index (χ2v) is 8.51. The van der Waals surface area contributed by atoms with Gasteiger partial charge in [0.15, 0.2) is 5.82 Å². The molecule has 2 fully saturated rings. The number of benzene rings is 1. The highest BCUT2D eigenvalue weighted by molar-refractivity contribution is 7.99. The number of ether oxygens (including phenoxy) is 2. The van der Waals surface area contributed by atoms with E-state index in [1.165, 1.54) is 5.56 Å². The third-order valence-electron chi connectivity index (χ3n) is 5.10. The molecule has 2 saturated heterocycles. The molecular formula is C22H29N5O2S. The van der Waals surface area contributed by atoms with Crippen molar-refractivity contribution in [2.24, 2.45) is 5.10 Å². The molecule has 0 saturated carbocycles. The van der Waals surface area contributed by atoms with Gasteiger partial charge < -0.3 is 14.4 Å². The van der Waals surface area contributed by atoms with Crippen LogP contribution in [0.15, 0.2) is 41.5 Å². The number of thioether (sulfide) groups is 1. The van der Waals surface area contributed by atoms with E-state index in [1.807, 2.05) is 42.2 Å². The molecule has 160 valence electrons. The van der Waals surface area contributed by atoms with Crippen molar-refractivity contribution in [3.05, 3.63) is 47.5 Å². The fourth-order valence-electron chi connectivity index (χ4n) is 3.45. The highest BCUT2D eigenvalue weighted by Gasteiger charge is 2.16. The Labute approximate surface area is 182 Å². The van der Waals surface area contributed by atoms with E-state index in [0.29, 0.717) is 18.3 Å². The summed E-state index contributed by atoms with van der Waals surface area (Å²) in [4.78, 5) is 9.31. The van der Waals surface area contributed by atoms with Gasteiger partial charge in [0.1, 0.15) is 6.61 Å². The third kappa shape index (κ3) is 6.10. The summed E-state index contributed by atoms with van der Waals surface area (Å²) in [6.07, 6.45) is 1.81.